The Bertz CT molecular complexity index is 595. The Labute approximate surface area is 119 Å². The van der Waals surface area contributed by atoms with Gasteiger partial charge in [0.25, 0.3) is 5.91 Å². The molecule has 0 aliphatic carbocycles. The molecule has 0 radical (unpaired) electrons. The SMILES string of the molecule is Cn1ccnc1CCNC(=O)c1ccc(Br)cc1O. The molecule has 19 heavy (non-hydrogen) atoms. The molecular formula is C13H14BrN3O2. The Hall–Kier alpha value is -1.82. The maximum Gasteiger partial charge on any atom is 0.255 e. The summed E-state index contributed by atoms with van der Waals surface area (Å²) in [5.74, 6) is 0.573. The summed E-state index contributed by atoms with van der Waals surface area (Å²) >= 11 is 3.23. The van der Waals surface area contributed by atoms with Gasteiger partial charge in [-0.3, -0.25) is 4.79 Å². The zero-order chi connectivity index (χ0) is 13.8. The summed E-state index contributed by atoms with van der Waals surface area (Å²) < 4.78 is 2.64. The van der Waals surface area contributed by atoms with Gasteiger partial charge in [-0.1, -0.05) is 15.9 Å². The van der Waals surface area contributed by atoms with Gasteiger partial charge in [0.05, 0.1) is 5.56 Å². The van der Waals surface area contributed by atoms with Crippen LogP contribution < -0.4 is 5.32 Å². The van der Waals surface area contributed by atoms with Crippen LogP contribution in [0.1, 0.15) is 16.2 Å². The van der Waals surface area contributed by atoms with E-state index in [0.717, 1.165) is 10.3 Å². The molecule has 0 unspecified atom stereocenters. The summed E-state index contributed by atoms with van der Waals surface area (Å²) in [5.41, 5.74) is 0.267. The van der Waals surface area contributed by atoms with E-state index in [-0.39, 0.29) is 17.2 Å². The predicted octanol–water partition coefficient (Wildman–Crippen LogP) is 1.86. The zero-order valence-electron chi connectivity index (χ0n) is 10.4. The van der Waals surface area contributed by atoms with Crippen molar-refractivity contribution in [3.05, 3.63) is 46.5 Å². The molecule has 1 aromatic carbocycles. The molecule has 0 spiro atoms. The predicted molar refractivity (Wildman–Crippen MR) is 75.1 cm³/mol. The second-order valence-corrected chi connectivity index (χ2v) is 5.04. The van der Waals surface area contributed by atoms with Crippen molar-refractivity contribution >= 4 is 21.8 Å². The number of nitrogens with one attached hydrogen (secondary N) is 1. The lowest BCUT2D eigenvalue weighted by molar-refractivity contribution is 0.0951. The molecule has 0 bridgehead atoms. The van der Waals surface area contributed by atoms with Crippen LogP contribution in [-0.2, 0) is 13.5 Å². The number of hydrogen-bond donors (Lipinski definition) is 2. The Morgan fingerprint density at radius 2 is 2.32 bits per heavy atom. The van der Waals surface area contributed by atoms with E-state index in [4.69, 9.17) is 0 Å². The smallest absolute Gasteiger partial charge is 0.255 e. The molecule has 0 fully saturated rings. The van der Waals surface area contributed by atoms with Gasteiger partial charge in [0.2, 0.25) is 0 Å². The fourth-order valence-electron chi connectivity index (χ4n) is 1.72. The molecule has 1 amide bonds. The first-order valence-corrected chi connectivity index (χ1v) is 6.60. The first-order valence-electron chi connectivity index (χ1n) is 5.81. The molecule has 2 aromatic rings. The van der Waals surface area contributed by atoms with Crippen LogP contribution in [0.25, 0.3) is 0 Å². The minimum atomic E-state index is -0.292. The number of aromatic nitrogens is 2. The lowest BCUT2D eigenvalue weighted by atomic mass is 10.2. The number of aromatic hydroxyl groups is 1. The van der Waals surface area contributed by atoms with Crippen LogP contribution in [0.4, 0.5) is 0 Å². The third-order valence-corrected chi connectivity index (χ3v) is 3.25. The first kappa shape index (κ1) is 13.6. The highest BCUT2D eigenvalue weighted by atomic mass is 79.9. The molecule has 2 rings (SSSR count). The fourth-order valence-corrected chi connectivity index (χ4v) is 2.07. The highest BCUT2D eigenvalue weighted by Gasteiger charge is 2.11. The van der Waals surface area contributed by atoms with E-state index >= 15 is 0 Å². The maximum atomic E-state index is 11.9. The normalized spacial score (nSPS) is 10.4. The maximum absolute atomic E-state index is 11.9. The molecule has 2 N–H and O–H groups in total. The van der Waals surface area contributed by atoms with E-state index in [2.05, 4.69) is 26.2 Å². The van der Waals surface area contributed by atoms with Crippen LogP contribution in [0.2, 0.25) is 0 Å². The lowest BCUT2D eigenvalue weighted by Gasteiger charge is -2.07. The van der Waals surface area contributed by atoms with Gasteiger partial charge in [-0.05, 0) is 18.2 Å². The molecule has 0 atom stereocenters. The molecule has 5 nitrogen and oxygen atoms in total. The van der Waals surface area contributed by atoms with Crippen molar-refractivity contribution in [1.82, 2.24) is 14.9 Å². The minimum absolute atomic E-state index is 0.0381. The number of nitrogens with zero attached hydrogens (tertiary/aromatic N) is 2. The number of phenols is 1. The summed E-state index contributed by atoms with van der Waals surface area (Å²) in [6.07, 6.45) is 4.22. The molecule has 6 heteroatoms. The number of halogens is 1. The number of benzene rings is 1. The van der Waals surface area contributed by atoms with Crippen molar-refractivity contribution in [3.63, 3.8) is 0 Å². The van der Waals surface area contributed by atoms with Crippen molar-refractivity contribution in [2.75, 3.05) is 6.54 Å². The highest BCUT2D eigenvalue weighted by molar-refractivity contribution is 9.10. The number of hydrogen-bond acceptors (Lipinski definition) is 3. The van der Waals surface area contributed by atoms with Gasteiger partial charge in [0.1, 0.15) is 11.6 Å². The van der Waals surface area contributed by atoms with Gasteiger partial charge >= 0.3 is 0 Å². The summed E-state index contributed by atoms with van der Waals surface area (Å²) in [6.45, 7) is 0.471. The number of phenolic OH excluding ortho intramolecular Hbond substituents is 1. The van der Waals surface area contributed by atoms with Crippen LogP contribution in [0, 0.1) is 0 Å². The van der Waals surface area contributed by atoms with Gasteiger partial charge in [0, 0.05) is 36.9 Å². The Kier molecular flexibility index (Phi) is 4.21. The molecule has 1 heterocycles. The highest BCUT2D eigenvalue weighted by Crippen LogP contribution is 2.21. The summed E-state index contributed by atoms with van der Waals surface area (Å²) in [7, 11) is 1.91. The second kappa shape index (κ2) is 5.88. The monoisotopic (exact) mass is 323 g/mol. The summed E-state index contributed by atoms with van der Waals surface area (Å²) in [5, 5.41) is 12.4. The van der Waals surface area contributed by atoms with E-state index in [1.165, 1.54) is 6.07 Å². The fraction of sp³-hybridized carbons (Fsp3) is 0.231. The molecular weight excluding hydrogens is 310 g/mol. The van der Waals surface area contributed by atoms with E-state index < -0.39 is 0 Å². The van der Waals surface area contributed by atoms with Crippen LogP contribution in [-0.4, -0.2) is 27.1 Å². The number of carbonyl (C=O) groups is 1. The molecule has 100 valence electrons. The quantitative estimate of drug-likeness (QED) is 0.902. The molecule has 0 aliphatic heterocycles. The number of carbonyl (C=O) groups excluding carboxylic acids is 1. The van der Waals surface area contributed by atoms with Gasteiger partial charge in [-0.15, -0.1) is 0 Å². The summed E-state index contributed by atoms with van der Waals surface area (Å²) in [6, 6.07) is 4.79. The van der Waals surface area contributed by atoms with Crippen LogP contribution in [0.15, 0.2) is 35.1 Å². The van der Waals surface area contributed by atoms with Gasteiger partial charge in [-0.25, -0.2) is 4.98 Å². The average Bonchev–Trinajstić information content (AvgIpc) is 2.75. The van der Waals surface area contributed by atoms with Crippen molar-refractivity contribution in [3.8, 4) is 5.75 Å². The van der Waals surface area contributed by atoms with E-state index in [1.54, 1.807) is 18.3 Å². The average molecular weight is 324 g/mol. The van der Waals surface area contributed by atoms with Crippen LogP contribution >= 0.6 is 15.9 Å². The van der Waals surface area contributed by atoms with Gasteiger partial charge in [-0.2, -0.15) is 0 Å². The van der Waals surface area contributed by atoms with E-state index in [9.17, 15) is 9.90 Å². The van der Waals surface area contributed by atoms with E-state index in [1.807, 2.05) is 17.8 Å². The molecule has 0 saturated carbocycles. The molecule has 1 aromatic heterocycles. The Balaban J connectivity index is 1.93. The second-order valence-electron chi connectivity index (χ2n) is 4.12. The van der Waals surface area contributed by atoms with Crippen molar-refractivity contribution in [2.24, 2.45) is 7.05 Å². The lowest BCUT2D eigenvalue weighted by Crippen LogP contribution is -2.26. The van der Waals surface area contributed by atoms with Crippen LogP contribution in [0.5, 0.6) is 5.75 Å². The standard InChI is InChI=1S/C13H14BrN3O2/c1-17-7-6-15-12(17)4-5-16-13(19)10-3-2-9(14)8-11(10)18/h2-3,6-8,18H,4-5H2,1H3,(H,16,19). The van der Waals surface area contributed by atoms with Gasteiger partial charge < -0.3 is 15.0 Å². The van der Waals surface area contributed by atoms with Gasteiger partial charge in [0.15, 0.2) is 0 Å². The summed E-state index contributed by atoms with van der Waals surface area (Å²) in [4.78, 5) is 16.0. The largest absolute Gasteiger partial charge is 0.507 e. The Morgan fingerprint density at radius 3 is 2.95 bits per heavy atom. The van der Waals surface area contributed by atoms with Crippen molar-refractivity contribution < 1.29 is 9.90 Å². The number of rotatable bonds is 4. The molecule has 0 saturated heterocycles. The number of imidazole rings is 1. The topological polar surface area (TPSA) is 67.2 Å². The minimum Gasteiger partial charge on any atom is -0.507 e. The van der Waals surface area contributed by atoms with Crippen molar-refractivity contribution in [2.45, 2.75) is 6.42 Å². The number of amides is 1. The zero-order valence-corrected chi connectivity index (χ0v) is 12.0. The van der Waals surface area contributed by atoms with Crippen molar-refractivity contribution in [1.29, 1.82) is 0 Å². The molecule has 0 aliphatic rings. The Morgan fingerprint density at radius 1 is 1.53 bits per heavy atom. The van der Waals surface area contributed by atoms with E-state index in [0.29, 0.717) is 13.0 Å². The van der Waals surface area contributed by atoms with Crippen LogP contribution in [0.3, 0.4) is 0 Å². The first-order chi connectivity index (χ1) is 9.08. The third kappa shape index (κ3) is 3.35. The third-order valence-electron chi connectivity index (χ3n) is 2.76. The number of aryl methyl sites for hydroxylation is 1.